The molecule has 3 heteroatoms. The molecule has 1 atom stereocenters. The first-order valence-electron chi connectivity index (χ1n) is 8.15. The molecule has 1 N–H and O–H groups in total. The second-order valence-corrected chi connectivity index (χ2v) is 6.94. The lowest BCUT2D eigenvalue weighted by molar-refractivity contribution is 0.124. The molecule has 3 nitrogen and oxygen atoms in total. The summed E-state index contributed by atoms with van der Waals surface area (Å²) in [6.45, 7) is 20.2. The average molecular weight is 269 g/mol. The van der Waals surface area contributed by atoms with Crippen molar-refractivity contribution in [3.63, 3.8) is 0 Å². The summed E-state index contributed by atoms with van der Waals surface area (Å²) < 4.78 is 0. The Balaban J connectivity index is 2.31. The summed E-state index contributed by atoms with van der Waals surface area (Å²) >= 11 is 0. The van der Waals surface area contributed by atoms with E-state index >= 15 is 0 Å². The Hall–Kier alpha value is -0.120. The summed E-state index contributed by atoms with van der Waals surface area (Å²) in [6.07, 6.45) is 2.50. The van der Waals surface area contributed by atoms with E-state index < -0.39 is 0 Å². The molecule has 0 aromatic heterocycles. The summed E-state index contributed by atoms with van der Waals surface area (Å²) in [5, 5.41) is 3.73. The fourth-order valence-corrected chi connectivity index (χ4v) is 2.80. The highest BCUT2D eigenvalue weighted by Crippen LogP contribution is 2.22. The van der Waals surface area contributed by atoms with Gasteiger partial charge in [0.1, 0.15) is 0 Å². The second-order valence-electron chi connectivity index (χ2n) is 6.94. The molecule has 0 aromatic carbocycles. The average Bonchev–Trinajstić information content (AvgIpc) is 2.38. The van der Waals surface area contributed by atoms with Crippen molar-refractivity contribution in [3.05, 3.63) is 0 Å². The molecule has 114 valence electrons. The number of piperazine rings is 1. The van der Waals surface area contributed by atoms with E-state index in [1.807, 2.05) is 0 Å². The highest BCUT2D eigenvalue weighted by molar-refractivity contribution is 4.82. The third-order valence-electron chi connectivity index (χ3n) is 4.33. The van der Waals surface area contributed by atoms with Crippen LogP contribution in [0.25, 0.3) is 0 Å². The fraction of sp³-hybridized carbons (Fsp3) is 1.00. The van der Waals surface area contributed by atoms with Crippen LogP contribution in [0.5, 0.6) is 0 Å². The highest BCUT2D eigenvalue weighted by atomic mass is 15.3. The van der Waals surface area contributed by atoms with Gasteiger partial charge in [-0.05, 0) is 37.9 Å². The minimum atomic E-state index is 0.362. The van der Waals surface area contributed by atoms with E-state index in [9.17, 15) is 0 Å². The van der Waals surface area contributed by atoms with Gasteiger partial charge in [0.15, 0.2) is 0 Å². The monoisotopic (exact) mass is 269 g/mol. The van der Waals surface area contributed by atoms with Gasteiger partial charge < -0.3 is 15.1 Å². The van der Waals surface area contributed by atoms with Crippen molar-refractivity contribution in [2.45, 2.75) is 53.5 Å². The lowest BCUT2D eigenvalue weighted by atomic mass is 9.84. The predicted octanol–water partition coefficient (Wildman–Crippen LogP) is 2.43. The molecule has 1 heterocycles. The Morgan fingerprint density at radius 3 is 2.05 bits per heavy atom. The Morgan fingerprint density at radius 1 is 1.00 bits per heavy atom. The van der Waals surface area contributed by atoms with Crippen LogP contribution in [-0.2, 0) is 0 Å². The first-order chi connectivity index (χ1) is 8.97. The molecule has 1 rings (SSSR count). The Morgan fingerprint density at radius 2 is 1.58 bits per heavy atom. The molecule has 0 aromatic rings. The molecule has 1 saturated heterocycles. The summed E-state index contributed by atoms with van der Waals surface area (Å²) in [6, 6.07) is 0.636. The van der Waals surface area contributed by atoms with Crippen LogP contribution in [0.15, 0.2) is 0 Å². The zero-order valence-electron chi connectivity index (χ0n) is 13.8. The van der Waals surface area contributed by atoms with Gasteiger partial charge in [-0.1, -0.05) is 34.6 Å². The van der Waals surface area contributed by atoms with E-state index in [-0.39, 0.29) is 0 Å². The third-order valence-corrected chi connectivity index (χ3v) is 4.33. The third kappa shape index (κ3) is 6.24. The minimum Gasteiger partial charge on any atom is -0.313 e. The van der Waals surface area contributed by atoms with Crippen LogP contribution < -0.4 is 5.32 Å². The molecule has 0 radical (unpaired) electrons. The van der Waals surface area contributed by atoms with Gasteiger partial charge in [-0.25, -0.2) is 0 Å². The molecule has 1 aliphatic heterocycles. The van der Waals surface area contributed by atoms with Crippen molar-refractivity contribution in [1.29, 1.82) is 0 Å². The standard InChI is InChI=1S/C16H35N3/c1-6-9-17-15(16(3,4)5)8-10-19-13-11-18(7-2)12-14-19/h15,17H,6-14H2,1-5H3. The van der Waals surface area contributed by atoms with Crippen molar-refractivity contribution in [2.75, 3.05) is 45.8 Å². The Bertz CT molecular complexity index is 227. The Labute approximate surface area is 120 Å². The summed E-state index contributed by atoms with van der Waals surface area (Å²) in [7, 11) is 0. The van der Waals surface area contributed by atoms with E-state index in [0.29, 0.717) is 11.5 Å². The van der Waals surface area contributed by atoms with Crippen LogP contribution in [0, 0.1) is 5.41 Å². The zero-order chi connectivity index (χ0) is 14.3. The summed E-state index contributed by atoms with van der Waals surface area (Å²) in [5.41, 5.74) is 0.362. The van der Waals surface area contributed by atoms with E-state index in [0.717, 1.165) is 6.54 Å². The summed E-state index contributed by atoms with van der Waals surface area (Å²) in [5.74, 6) is 0. The van der Waals surface area contributed by atoms with Gasteiger partial charge in [-0.15, -0.1) is 0 Å². The molecule has 0 aliphatic carbocycles. The maximum Gasteiger partial charge on any atom is 0.0128 e. The van der Waals surface area contributed by atoms with Crippen molar-refractivity contribution in [1.82, 2.24) is 15.1 Å². The molecule has 0 bridgehead atoms. The maximum absolute atomic E-state index is 3.73. The lowest BCUT2D eigenvalue weighted by Crippen LogP contribution is -2.48. The molecular weight excluding hydrogens is 234 g/mol. The lowest BCUT2D eigenvalue weighted by Gasteiger charge is -2.37. The summed E-state index contributed by atoms with van der Waals surface area (Å²) in [4.78, 5) is 5.19. The number of likely N-dealkylation sites (N-methyl/N-ethyl adjacent to an activating group) is 1. The van der Waals surface area contributed by atoms with Gasteiger partial charge in [0, 0.05) is 32.2 Å². The molecule has 0 saturated carbocycles. The molecule has 1 unspecified atom stereocenters. The van der Waals surface area contributed by atoms with Gasteiger partial charge >= 0.3 is 0 Å². The molecule has 1 fully saturated rings. The highest BCUT2D eigenvalue weighted by Gasteiger charge is 2.25. The minimum absolute atomic E-state index is 0.362. The van der Waals surface area contributed by atoms with Gasteiger partial charge in [-0.3, -0.25) is 0 Å². The quantitative estimate of drug-likeness (QED) is 0.766. The first-order valence-corrected chi connectivity index (χ1v) is 8.15. The number of hydrogen-bond donors (Lipinski definition) is 1. The topological polar surface area (TPSA) is 18.5 Å². The fourth-order valence-electron chi connectivity index (χ4n) is 2.80. The molecular formula is C16H35N3. The van der Waals surface area contributed by atoms with Crippen LogP contribution in [-0.4, -0.2) is 61.7 Å². The van der Waals surface area contributed by atoms with Gasteiger partial charge in [0.2, 0.25) is 0 Å². The van der Waals surface area contributed by atoms with E-state index in [2.05, 4.69) is 49.7 Å². The van der Waals surface area contributed by atoms with Crippen LogP contribution in [0.2, 0.25) is 0 Å². The first kappa shape index (κ1) is 16.9. The van der Waals surface area contributed by atoms with E-state index in [4.69, 9.17) is 0 Å². The number of rotatable bonds is 7. The molecule has 0 amide bonds. The van der Waals surface area contributed by atoms with Crippen LogP contribution in [0.4, 0.5) is 0 Å². The largest absolute Gasteiger partial charge is 0.313 e. The number of nitrogens with one attached hydrogen (secondary N) is 1. The van der Waals surface area contributed by atoms with Gasteiger partial charge in [0.25, 0.3) is 0 Å². The van der Waals surface area contributed by atoms with Crippen LogP contribution in [0.1, 0.15) is 47.5 Å². The number of hydrogen-bond acceptors (Lipinski definition) is 3. The van der Waals surface area contributed by atoms with Crippen molar-refractivity contribution >= 4 is 0 Å². The molecule has 1 aliphatic rings. The molecule has 0 spiro atoms. The second kappa shape index (κ2) is 8.23. The smallest absolute Gasteiger partial charge is 0.0128 e. The van der Waals surface area contributed by atoms with E-state index in [1.165, 1.54) is 52.1 Å². The zero-order valence-corrected chi connectivity index (χ0v) is 13.8. The van der Waals surface area contributed by atoms with Gasteiger partial charge in [0.05, 0.1) is 0 Å². The normalized spacial score (nSPS) is 20.7. The van der Waals surface area contributed by atoms with Crippen molar-refractivity contribution in [3.8, 4) is 0 Å². The molecule has 19 heavy (non-hydrogen) atoms. The predicted molar refractivity (Wildman–Crippen MR) is 84.7 cm³/mol. The van der Waals surface area contributed by atoms with E-state index in [1.54, 1.807) is 0 Å². The Kier molecular flexibility index (Phi) is 7.33. The maximum atomic E-state index is 3.73. The van der Waals surface area contributed by atoms with Crippen molar-refractivity contribution in [2.24, 2.45) is 5.41 Å². The van der Waals surface area contributed by atoms with Crippen LogP contribution in [0.3, 0.4) is 0 Å². The number of nitrogens with zero attached hydrogens (tertiary/aromatic N) is 2. The van der Waals surface area contributed by atoms with Crippen molar-refractivity contribution < 1.29 is 0 Å². The SMILES string of the molecule is CCCNC(CCN1CCN(CC)CC1)C(C)(C)C. The van der Waals surface area contributed by atoms with Gasteiger partial charge in [-0.2, -0.15) is 0 Å². The van der Waals surface area contributed by atoms with Crippen LogP contribution >= 0.6 is 0 Å².